The lowest BCUT2D eigenvalue weighted by molar-refractivity contribution is -0.159. The van der Waals surface area contributed by atoms with Crippen LogP contribution < -0.4 is 10.1 Å². The van der Waals surface area contributed by atoms with Crippen molar-refractivity contribution in [1.29, 1.82) is 0 Å². The predicted octanol–water partition coefficient (Wildman–Crippen LogP) is 0.202. The molecule has 1 unspecified atom stereocenters. The Hall–Kier alpha value is -2.20. The molecular weight excluding hydrogens is 368 g/mol. The van der Waals surface area contributed by atoms with Gasteiger partial charge in [-0.1, -0.05) is 17.7 Å². The van der Waals surface area contributed by atoms with Crippen molar-refractivity contribution in [3.05, 3.63) is 29.8 Å². The zero-order valence-corrected chi connectivity index (χ0v) is 16.2. The van der Waals surface area contributed by atoms with E-state index in [2.05, 4.69) is 10.2 Å². The number of carboxylic acid groups (broad SMARTS) is 2. The summed E-state index contributed by atoms with van der Waals surface area (Å²) in [6, 6.07) is 7.87. The number of carbonyl (C=O) groups is 2. The van der Waals surface area contributed by atoms with Gasteiger partial charge in [-0.2, -0.15) is 0 Å². The van der Waals surface area contributed by atoms with Crippen LogP contribution in [0.25, 0.3) is 0 Å². The molecule has 9 heteroatoms. The summed E-state index contributed by atoms with van der Waals surface area (Å²) < 4.78 is 10.9. The van der Waals surface area contributed by atoms with E-state index in [1.165, 1.54) is 5.56 Å². The number of morpholine rings is 1. The summed E-state index contributed by atoms with van der Waals surface area (Å²) >= 11 is 0. The summed E-state index contributed by atoms with van der Waals surface area (Å²) in [4.78, 5) is 20.6. The van der Waals surface area contributed by atoms with E-state index < -0.39 is 18.0 Å². The minimum atomic E-state index is -1.82. The van der Waals surface area contributed by atoms with E-state index in [0.717, 1.165) is 51.6 Å². The Kier molecular flexibility index (Phi) is 11.8. The van der Waals surface area contributed by atoms with Crippen LogP contribution >= 0.6 is 0 Å². The van der Waals surface area contributed by atoms with Crippen molar-refractivity contribution in [3.63, 3.8) is 0 Å². The Morgan fingerprint density at radius 1 is 1.18 bits per heavy atom. The molecule has 0 spiro atoms. The smallest absolute Gasteiger partial charge is 0.414 e. The lowest BCUT2D eigenvalue weighted by atomic mass is 10.2. The molecular formula is C19H30N2O7. The fraction of sp³-hybridized carbons (Fsp3) is 0.579. The Bertz CT molecular complexity index is 562. The molecule has 1 aliphatic rings. The van der Waals surface area contributed by atoms with Crippen LogP contribution in [0.4, 0.5) is 0 Å². The third-order valence-corrected chi connectivity index (χ3v) is 3.96. The van der Waals surface area contributed by atoms with Crippen molar-refractivity contribution in [3.8, 4) is 5.75 Å². The predicted molar refractivity (Wildman–Crippen MR) is 103 cm³/mol. The number of ether oxygens (including phenoxy) is 2. The van der Waals surface area contributed by atoms with Gasteiger partial charge >= 0.3 is 11.9 Å². The fourth-order valence-electron chi connectivity index (χ4n) is 2.41. The molecule has 0 amide bonds. The van der Waals surface area contributed by atoms with Gasteiger partial charge in [0.25, 0.3) is 0 Å². The molecule has 1 aromatic carbocycles. The van der Waals surface area contributed by atoms with E-state index in [4.69, 9.17) is 29.3 Å². The average molecular weight is 398 g/mol. The third kappa shape index (κ3) is 11.5. The summed E-state index contributed by atoms with van der Waals surface area (Å²) in [6.45, 7) is 8.70. The Labute approximate surface area is 164 Å². The SMILES string of the molecule is Cc1ccc(OCC(O)CNCCCN2CCOCC2)cc1.O=C(O)C(=O)O. The molecule has 1 atom stereocenters. The standard InChI is InChI=1S/C17H28N2O3.C2H2O4/c1-15-3-5-17(6-4-15)22-14-16(20)13-18-7-2-8-19-9-11-21-12-10-19;3-1(4)2(5)6/h3-6,16,18,20H,2,7-14H2,1H3;(H,3,4)(H,5,6). The molecule has 9 nitrogen and oxygen atoms in total. The molecule has 0 bridgehead atoms. The summed E-state index contributed by atoms with van der Waals surface area (Å²) in [7, 11) is 0. The van der Waals surface area contributed by atoms with E-state index >= 15 is 0 Å². The Morgan fingerprint density at radius 2 is 1.79 bits per heavy atom. The number of hydrogen-bond donors (Lipinski definition) is 4. The number of aliphatic hydroxyl groups is 1. The lowest BCUT2D eigenvalue weighted by Gasteiger charge is -2.26. The zero-order valence-electron chi connectivity index (χ0n) is 16.2. The number of aryl methyl sites for hydroxylation is 1. The van der Waals surface area contributed by atoms with Crippen LogP contribution in [-0.2, 0) is 14.3 Å². The number of aliphatic hydroxyl groups excluding tert-OH is 1. The Morgan fingerprint density at radius 3 is 2.36 bits per heavy atom. The summed E-state index contributed by atoms with van der Waals surface area (Å²) in [5.41, 5.74) is 1.20. The topological polar surface area (TPSA) is 129 Å². The highest BCUT2D eigenvalue weighted by Gasteiger charge is 2.09. The molecule has 0 aliphatic carbocycles. The van der Waals surface area contributed by atoms with Crippen LogP contribution in [0.5, 0.6) is 5.75 Å². The molecule has 2 rings (SSSR count). The number of nitrogens with zero attached hydrogens (tertiary/aromatic N) is 1. The van der Waals surface area contributed by atoms with Gasteiger partial charge in [-0.25, -0.2) is 9.59 Å². The highest BCUT2D eigenvalue weighted by molar-refractivity contribution is 6.27. The van der Waals surface area contributed by atoms with E-state index in [0.29, 0.717) is 13.2 Å². The van der Waals surface area contributed by atoms with Crippen LogP contribution in [0.15, 0.2) is 24.3 Å². The summed E-state index contributed by atoms with van der Waals surface area (Å²) in [6.07, 6.45) is 0.607. The minimum Gasteiger partial charge on any atom is -0.491 e. The fourth-order valence-corrected chi connectivity index (χ4v) is 2.41. The second-order valence-corrected chi connectivity index (χ2v) is 6.40. The van der Waals surface area contributed by atoms with Gasteiger partial charge in [-0.15, -0.1) is 0 Å². The molecule has 1 fully saturated rings. The molecule has 1 saturated heterocycles. The van der Waals surface area contributed by atoms with Crippen molar-refractivity contribution in [1.82, 2.24) is 10.2 Å². The van der Waals surface area contributed by atoms with Crippen LogP contribution in [0.3, 0.4) is 0 Å². The number of rotatable bonds is 9. The van der Waals surface area contributed by atoms with Crippen LogP contribution in [-0.4, -0.2) is 90.8 Å². The molecule has 0 saturated carbocycles. The monoisotopic (exact) mass is 398 g/mol. The van der Waals surface area contributed by atoms with Crippen molar-refractivity contribution in [2.24, 2.45) is 0 Å². The first-order valence-corrected chi connectivity index (χ1v) is 9.23. The molecule has 28 heavy (non-hydrogen) atoms. The van der Waals surface area contributed by atoms with Crippen LogP contribution in [0, 0.1) is 6.92 Å². The van der Waals surface area contributed by atoms with Gasteiger partial charge in [-0.05, 0) is 38.6 Å². The maximum absolute atomic E-state index is 9.90. The van der Waals surface area contributed by atoms with Gasteiger partial charge < -0.3 is 30.1 Å². The quantitative estimate of drug-likeness (QED) is 0.341. The van der Waals surface area contributed by atoms with E-state index in [1.54, 1.807) is 0 Å². The third-order valence-electron chi connectivity index (χ3n) is 3.96. The number of carboxylic acids is 2. The number of aliphatic carboxylic acids is 2. The van der Waals surface area contributed by atoms with Gasteiger partial charge in [0.1, 0.15) is 18.5 Å². The largest absolute Gasteiger partial charge is 0.491 e. The molecule has 1 aliphatic heterocycles. The zero-order chi connectivity index (χ0) is 20.8. The van der Waals surface area contributed by atoms with Crippen molar-refractivity contribution >= 4 is 11.9 Å². The Balaban J connectivity index is 0.000000568. The molecule has 4 N–H and O–H groups in total. The molecule has 158 valence electrons. The van der Waals surface area contributed by atoms with E-state index in [1.807, 2.05) is 31.2 Å². The highest BCUT2D eigenvalue weighted by Crippen LogP contribution is 2.11. The van der Waals surface area contributed by atoms with Crippen molar-refractivity contribution < 1.29 is 34.4 Å². The number of nitrogens with one attached hydrogen (secondary N) is 1. The van der Waals surface area contributed by atoms with Gasteiger partial charge in [0.15, 0.2) is 0 Å². The minimum absolute atomic E-state index is 0.319. The van der Waals surface area contributed by atoms with Crippen molar-refractivity contribution in [2.45, 2.75) is 19.4 Å². The summed E-state index contributed by atoms with van der Waals surface area (Å²) in [5.74, 6) is -2.85. The maximum atomic E-state index is 9.90. The number of benzene rings is 1. The van der Waals surface area contributed by atoms with Gasteiger partial charge in [0.05, 0.1) is 13.2 Å². The maximum Gasteiger partial charge on any atom is 0.414 e. The normalized spacial score (nSPS) is 15.2. The van der Waals surface area contributed by atoms with E-state index in [9.17, 15) is 5.11 Å². The molecule has 1 heterocycles. The van der Waals surface area contributed by atoms with Gasteiger partial charge in [-0.3, -0.25) is 4.90 Å². The first kappa shape index (κ1) is 23.8. The summed E-state index contributed by atoms with van der Waals surface area (Å²) in [5, 5.41) is 28.0. The molecule has 0 aromatic heterocycles. The van der Waals surface area contributed by atoms with Crippen molar-refractivity contribution in [2.75, 3.05) is 52.5 Å². The van der Waals surface area contributed by atoms with Crippen LogP contribution in [0.2, 0.25) is 0 Å². The average Bonchev–Trinajstić information content (AvgIpc) is 2.68. The highest BCUT2D eigenvalue weighted by atomic mass is 16.5. The first-order valence-electron chi connectivity index (χ1n) is 9.23. The van der Waals surface area contributed by atoms with Gasteiger partial charge in [0, 0.05) is 19.6 Å². The number of hydrogen-bond acceptors (Lipinski definition) is 7. The molecule has 1 aromatic rings. The second kappa shape index (κ2) is 13.9. The van der Waals surface area contributed by atoms with Crippen LogP contribution in [0.1, 0.15) is 12.0 Å². The second-order valence-electron chi connectivity index (χ2n) is 6.40. The lowest BCUT2D eigenvalue weighted by Crippen LogP contribution is -2.38. The first-order chi connectivity index (χ1) is 13.4. The van der Waals surface area contributed by atoms with Gasteiger partial charge in [0.2, 0.25) is 0 Å². The van der Waals surface area contributed by atoms with E-state index in [-0.39, 0.29) is 0 Å². The molecule has 0 radical (unpaired) electrons.